The average Bonchev–Trinajstić information content (AvgIpc) is 2.23. The smallest absolute Gasteiger partial charge is 0.119 e. The summed E-state index contributed by atoms with van der Waals surface area (Å²) in [5.41, 5.74) is 1.21. The summed E-state index contributed by atoms with van der Waals surface area (Å²) >= 11 is 0. The molecule has 15 heavy (non-hydrogen) atoms. The van der Waals surface area contributed by atoms with Crippen LogP contribution in [0.5, 0.6) is 5.75 Å². The zero-order chi connectivity index (χ0) is 10.9. The van der Waals surface area contributed by atoms with Crippen LogP contribution >= 0.6 is 0 Å². The van der Waals surface area contributed by atoms with Crippen molar-refractivity contribution in [1.29, 1.82) is 0 Å². The molecule has 3 heteroatoms. The van der Waals surface area contributed by atoms with Gasteiger partial charge in [0.1, 0.15) is 12.4 Å². The Hall–Kier alpha value is -1.06. The molecule has 0 saturated carbocycles. The summed E-state index contributed by atoms with van der Waals surface area (Å²) in [6.07, 6.45) is 0.796. The zero-order valence-electron chi connectivity index (χ0n) is 9.20. The molecule has 0 aliphatic heterocycles. The molecule has 0 heterocycles. The van der Waals surface area contributed by atoms with Gasteiger partial charge in [-0.2, -0.15) is 0 Å². The van der Waals surface area contributed by atoms with Crippen LogP contribution in [0.15, 0.2) is 24.3 Å². The third kappa shape index (κ3) is 5.40. The minimum Gasteiger partial charge on any atom is -0.492 e. The van der Waals surface area contributed by atoms with Crippen LogP contribution in [-0.4, -0.2) is 31.4 Å². The highest BCUT2D eigenvalue weighted by molar-refractivity contribution is 5.27. The Balaban J connectivity index is 2.10. The van der Waals surface area contributed by atoms with Crippen molar-refractivity contribution in [3.8, 4) is 5.75 Å². The number of ether oxygens (including phenoxy) is 1. The Morgan fingerprint density at radius 1 is 1.33 bits per heavy atom. The molecule has 0 saturated heterocycles. The molecular formula is C12H19NO2. The quantitative estimate of drug-likeness (QED) is 0.666. The van der Waals surface area contributed by atoms with E-state index >= 15 is 0 Å². The van der Waals surface area contributed by atoms with E-state index in [2.05, 4.69) is 5.32 Å². The predicted octanol–water partition coefficient (Wildman–Crippen LogP) is 1.35. The lowest BCUT2D eigenvalue weighted by atomic mass is 10.2. The van der Waals surface area contributed by atoms with E-state index in [1.807, 2.05) is 31.2 Å². The van der Waals surface area contributed by atoms with Crippen LogP contribution in [0.25, 0.3) is 0 Å². The summed E-state index contributed by atoms with van der Waals surface area (Å²) in [6.45, 7) is 4.61. The molecule has 2 N–H and O–H groups in total. The third-order valence-corrected chi connectivity index (χ3v) is 2.05. The van der Waals surface area contributed by atoms with Crippen molar-refractivity contribution in [3.05, 3.63) is 29.8 Å². The van der Waals surface area contributed by atoms with Gasteiger partial charge in [0.25, 0.3) is 0 Å². The number of hydrogen-bond donors (Lipinski definition) is 2. The van der Waals surface area contributed by atoms with Crippen molar-refractivity contribution in [2.75, 3.05) is 26.3 Å². The number of benzene rings is 1. The summed E-state index contributed by atoms with van der Waals surface area (Å²) in [5, 5.41) is 11.7. The highest BCUT2D eigenvalue weighted by Gasteiger charge is 1.93. The second kappa shape index (κ2) is 7.26. The Bertz CT molecular complexity index is 276. The maximum atomic E-state index is 8.56. The Labute approximate surface area is 91.1 Å². The zero-order valence-corrected chi connectivity index (χ0v) is 9.20. The van der Waals surface area contributed by atoms with E-state index in [0.29, 0.717) is 6.61 Å². The van der Waals surface area contributed by atoms with E-state index in [0.717, 1.165) is 25.3 Å². The summed E-state index contributed by atoms with van der Waals surface area (Å²) < 4.78 is 5.54. The molecule has 0 fully saturated rings. The van der Waals surface area contributed by atoms with Gasteiger partial charge in [-0.1, -0.05) is 12.1 Å². The van der Waals surface area contributed by atoms with Crippen LogP contribution < -0.4 is 10.1 Å². The van der Waals surface area contributed by atoms with Crippen LogP contribution in [0.3, 0.4) is 0 Å². The monoisotopic (exact) mass is 209 g/mol. The van der Waals surface area contributed by atoms with E-state index in [4.69, 9.17) is 9.84 Å². The van der Waals surface area contributed by atoms with Crippen molar-refractivity contribution in [3.63, 3.8) is 0 Å². The summed E-state index contributed by atoms with van der Waals surface area (Å²) in [6, 6.07) is 8.02. The first-order valence-corrected chi connectivity index (χ1v) is 5.34. The molecule has 84 valence electrons. The van der Waals surface area contributed by atoms with Gasteiger partial charge in [-0.25, -0.2) is 0 Å². The largest absolute Gasteiger partial charge is 0.492 e. The second-order valence-corrected chi connectivity index (χ2v) is 3.49. The van der Waals surface area contributed by atoms with Crippen LogP contribution in [-0.2, 0) is 0 Å². The summed E-state index contributed by atoms with van der Waals surface area (Å²) in [4.78, 5) is 0. The first kappa shape index (κ1) is 12.0. The van der Waals surface area contributed by atoms with Crippen LogP contribution in [0.2, 0.25) is 0 Å². The van der Waals surface area contributed by atoms with Gasteiger partial charge < -0.3 is 15.2 Å². The molecule has 3 nitrogen and oxygen atoms in total. The maximum Gasteiger partial charge on any atom is 0.119 e. The molecule has 0 radical (unpaired) electrons. The van der Waals surface area contributed by atoms with Gasteiger partial charge >= 0.3 is 0 Å². The minimum absolute atomic E-state index is 0.242. The van der Waals surface area contributed by atoms with Crippen LogP contribution in [0, 0.1) is 6.92 Å². The average molecular weight is 209 g/mol. The summed E-state index contributed by atoms with van der Waals surface area (Å²) in [7, 11) is 0. The lowest BCUT2D eigenvalue weighted by Gasteiger charge is -2.07. The van der Waals surface area contributed by atoms with Gasteiger partial charge in [0.05, 0.1) is 0 Å². The number of rotatable bonds is 7. The fourth-order valence-electron chi connectivity index (χ4n) is 1.28. The molecule has 0 amide bonds. The van der Waals surface area contributed by atoms with E-state index in [-0.39, 0.29) is 6.61 Å². The third-order valence-electron chi connectivity index (χ3n) is 2.05. The normalized spacial score (nSPS) is 10.3. The molecule has 0 bridgehead atoms. The van der Waals surface area contributed by atoms with Gasteiger partial charge in [0, 0.05) is 13.2 Å². The molecule has 1 aromatic carbocycles. The predicted molar refractivity (Wildman–Crippen MR) is 61.2 cm³/mol. The van der Waals surface area contributed by atoms with E-state index in [1.54, 1.807) is 0 Å². The minimum atomic E-state index is 0.242. The number of hydrogen-bond acceptors (Lipinski definition) is 3. The number of aryl methyl sites for hydroxylation is 1. The van der Waals surface area contributed by atoms with Gasteiger partial charge in [0.15, 0.2) is 0 Å². The fourth-order valence-corrected chi connectivity index (χ4v) is 1.28. The molecule has 1 aromatic rings. The lowest BCUT2D eigenvalue weighted by Crippen LogP contribution is -2.22. The summed E-state index contributed by atoms with van der Waals surface area (Å²) in [5.74, 6) is 0.916. The molecule has 0 aliphatic rings. The number of aliphatic hydroxyl groups is 1. The van der Waals surface area contributed by atoms with E-state index in [1.165, 1.54) is 5.56 Å². The maximum absolute atomic E-state index is 8.56. The van der Waals surface area contributed by atoms with Crippen molar-refractivity contribution < 1.29 is 9.84 Å². The lowest BCUT2D eigenvalue weighted by molar-refractivity contribution is 0.279. The highest BCUT2D eigenvalue weighted by Crippen LogP contribution is 2.11. The van der Waals surface area contributed by atoms with Crippen molar-refractivity contribution in [1.82, 2.24) is 5.32 Å². The van der Waals surface area contributed by atoms with Crippen molar-refractivity contribution in [2.24, 2.45) is 0 Å². The SMILES string of the molecule is Cc1cccc(OCCNCCCO)c1. The molecule has 0 unspecified atom stereocenters. The van der Waals surface area contributed by atoms with Crippen LogP contribution in [0.4, 0.5) is 0 Å². The number of aliphatic hydroxyl groups excluding tert-OH is 1. The first-order chi connectivity index (χ1) is 7.33. The Morgan fingerprint density at radius 3 is 2.93 bits per heavy atom. The molecule has 0 spiro atoms. The fraction of sp³-hybridized carbons (Fsp3) is 0.500. The second-order valence-electron chi connectivity index (χ2n) is 3.49. The van der Waals surface area contributed by atoms with Crippen molar-refractivity contribution >= 4 is 0 Å². The number of nitrogens with one attached hydrogen (secondary N) is 1. The first-order valence-electron chi connectivity index (χ1n) is 5.34. The topological polar surface area (TPSA) is 41.5 Å². The van der Waals surface area contributed by atoms with Gasteiger partial charge in [-0.15, -0.1) is 0 Å². The molecular weight excluding hydrogens is 190 g/mol. The van der Waals surface area contributed by atoms with E-state index < -0.39 is 0 Å². The highest BCUT2D eigenvalue weighted by atomic mass is 16.5. The van der Waals surface area contributed by atoms with Gasteiger partial charge in [-0.3, -0.25) is 0 Å². The van der Waals surface area contributed by atoms with Gasteiger partial charge in [-0.05, 0) is 37.6 Å². The molecule has 0 atom stereocenters. The van der Waals surface area contributed by atoms with Gasteiger partial charge in [0.2, 0.25) is 0 Å². The molecule has 0 aliphatic carbocycles. The molecule has 0 aromatic heterocycles. The Morgan fingerprint density at radius 2 is 2.20 bits per heavy atom. The van der Waals surface area contributed by atoms with E-state index in [9.17, 15) is 0 Å². The Kier molecular flexibility index (Phi) is 5.81. The van der Waals surface area contributed by atoms with Crippen LogP contribution in [0.1, 0.15) is 12.0 Å². The van der Waals surface area contributed by atoms with Crippen molar-refractivity contribution in [2.45, 2.75) is 13.3 Å². The standard InChI is InChI=1S/C12H19NO2/c1-11-4-2-5-12(10-11)15-9-7-13-6-3-8-14/h2,4-5,10,13-14H,3,6-9H2,1H3. The molecule has 1 rings (SSSR count).